The van der Waals surface area contributed by atoms with Gasteiger partial charge in [-0.05, 0) is 36.9 Å². The zero-order valence-corrected chi connectivity index (χ0v) is 13.4. The highest BCUT2D eigenvalue weighted by Gasteiger charge is 2.15. The summed E-state index contributed by atoms with van der Waals surface area (Å²) in [6, 6.07) is 7.77. The number of amides is 1. The molecule has 0 aliphatic carbocycles. The molecule has 0 radical (unpaired) electrons. The van der Waals surface area contributed by atoms with Gasteiger partial charge in [-0.15, -0.1) is 0 Å². The number of hydrogen-bond donors (Lipinski definition) is 2. The summed E-state index contributed by atoms with van der Waals surface area (Å²) in [5.74, 6) is 1.05. The number of nitrogens with one attached hydrogen (secondary N) is 1. The molecule has 118 valence electrons. The van der Waals surface area contributed by atoms with Crippen molar-refractivity contribution in [2.75, 3.05) is 13.2 Å². The second-order valence-corrected chi connectivity index (χ2v) is 5.39. The predicted molar refractivity (Wildman–Crippen MR) is 86.5 cm³/mol. The van der Waals surface area contributed by atoms with E-state index in [1.807, 2.05) is 18.2 Å². The average molecular weight is 292 g/mol. The molecule has 2 unspecified atom stereocenters. The minimum Gasteiger partial charge on any atom is -0.493 e. The van der Waals surface area contributed by atoms with Crippen molar-refractivity contribution in [3.05, 3.63) is 29.8 Å². The molecule has 0 spiro atoms. The molecule has 3 N–H and O–H groups in total. The monoisotopic (exact) mass is 292 g/mol. The summed E-state index contributed by atoms with van der Waals surface area (Å²) in [6.45, 7) is 7.69. The van der Waals surface area contributed by atoms with Gasteiger partial charge in [0.05, 0.1) is 12.6 Å². The number of ether oxygens (including phenoxy) is 1. The van der Waals surface area contributed by atoms with Gasteiger partial charge in [-0.1, -0.05) is 39.0 Å². The van der Waals surface area contributed by atoms with Crippen LogP contribution in [0, 0.1) is 0 Å². The smallest absolute Gasteiger partial charge is 0.234 e. The molecular formula is C17H28N2O2. The van der Waals surface area contributed by atoms with Gasteiger partial charge in [0.25, 0.3) is 0 Å². The maximum absolute atomic E-state index is 11.4. The van der Waals surface area contributed by atoms with Gasteiger partial charge in [-0.2, -0.15) is 0 Å². The van der Waals surface area contributed by atoms with E-state index in [1.165, 1.54) is 5.56 Å². The Morgan fingerprint density at radius 3 is 2.67 bits per heavy atom. The van der Waals surface area contributed by atoms with Crippen LogP contribution in [0.2, 0.25) is 0 Å². The summed E-state index contributed by atoms with van der Waals surface area (Å²) in [7, 11) is 0. The molecule has 21 heavy (non-hydrogen) atoms. The van der Waals surface area contributed by atoms with Gasteiger partial charge >= 0.3 is 0 Å². The highest BCUT2D eigenvalue weighted by atomic mass is 16.5. The fraction of sp³-hybridized carbons (Fsp3) is 0.588. The summed E-state index contributed by atoms with van der Waals surface area (Å²) in [5, 5.41) is 3.15. The van der Waals surface area contributed by atoms with Crippen molar-refractivity contribution in [1.29, 1.82) is 0 Å². The Hall–Kier alpha value is -1.55. The van der Waals surface area contributed by atoms with Crippen molar-refractivity contribution in [2.24, 2.45) is 5.73 Å². The normalized spacial score (nSPS) is 13.7. The summed E-state index contributed by atoms with van der Waals surface area (Å²) in [4.78, 5) is 11.4. The molecule has 0 saturated carbocycles. The average Bonchev–Trinajstić information content (AvgIpc) is 2.50. The Morgan fingerprint density at radius 2 is 2.05 bits per heavy atom. The zero-order valence-electron chi connectivity index (χ0n) is 13.4. The highest BCUT2D eigenvalue weighted by molar-refractivity contribution is 5.79. The molecule has 1 aromatic carbocycles. The molecule has 0 heterocycles. The van der Waals surface area contributed by atoms with Gasteiger partial charge in [-0.25, -0.2) is 0 Å². The van der Waals surface area contributed by atoms with Crippen molar-refractivity contribution in [3.63, 3.8) is 0 Å². The summed E-state index contributed by atoms with van der Waals surface area (Å²) >= 11 is 0. The minimum absolute atomic E-state index is 0.317. The summed E-state index contributed by atoms with van der Waals surface area (Å²) in [5.41, 5.74) is 6.62. The van der Waals surface area contributed by atoms with Crippen LogP contribution >= 0.6 is 0 Å². The summed E-state index contributed by atoms with van der Waals surface area (Å²) < 4.78 is 5.87. The molecule has 0 aliphatic heterocycles. The van der Waals surface area contributed by atoms with E-state index >= 15 is 0 Å². The molecule has 1 aromatic rings. The Morgan fingerprint density at radius 1 is 1.33 bits per heavy atom. The third kappa shape index (κ3) is 5.76. The van der Waals surface area contributed by atoms with E-state index in [-0.39, 0.29) is 11.9 Å². The predicted octanol–water partition coefficient (Wildman–Crippen LogP) is 2.82. The second kappa shape index (κ2) is 9.40. The van der Waals surface area contributed by atoms with Crippen LogP contribution in [0.25, 0.3) is 0 Å². The SMILES string of the molecule is CCCNC(CCOc1ccccc1C(C)CC)C(N)=O. The van der Waals surface area contributed by atoms with Crippen molar-refractivity contribution in [2.45, 2.75) is 52.0 Å². The first-order chi connectivity index (χ1) is 10.1. The van der Waals surface area contributed by atoms with Gasteiger partial charge in [0.15, 0.2) is 0 Å². The molecule has 0 bridgehead atoms. The zero-order chi connectivity index (χ0) is 15.7. The van der Waals surface area contributed by atoms with Gasteiger partial charge in [0.2, 0.25) is 5.91 Å². The minimum atomic E-state index is -0.319. The van der Waals surface area contributed by atoms with Crippen LogP contribution in [0.4, 0.5) is 0 Å². The number of nitrogens with two attached hydrogens (primary N) is 1. The second-order valence-electron chi connectivity index (χ2n) is 5.39. The Labute approximate surface area is 128 Å². The van der Waals surface area contributed by atoms with Crippen LogP contribution in [-0.2, 0) is 4.79 Å². The first-order valence-electron chi connectivity index (χ1n) is 7.84. The third-order valence-corrected chi connectivity index (χ3v) is 3.71. The van der Waals surface area contributed by atoms with E-state index < -0.39 is 0 Å². The molecule has 1 amide bonds. The Bertz CT molecular complexity index is 435. The molecular weight excluding hydrogens is 264 g/mol. The maximum atomic E-state index is 11.4. The number of hydrogen-bond acceptors (Lipinski definition) is 3. The van der Waals surface area contributed by atoms with Crippen LogP contribution in [0.5, 0.6) is 5.75 Å². The Balaban J connectivity index is 2.56. The standard InChI is InChI=1S/C17H28N2O2/c1-4-11-19-15(17(18)20)10-12-21-16-9-7-6-8-14(16)13(3)5-2/h6-9,13,15,19H,4-5,10-12H2,1-3H3,(H2,18,20). The van der Waals surface area contributed by atoms with Gasteiger partial charge in [0, 0.05) is 6.42 Å². The quantitative estimate of drug-likeness (QED) is 0.697. The lowest BCUT2D eigenvalue weighted by Crippen LogP contribution is -2.42. The number of benzene rings is 1. The van der Waals surface area contributed by atoms with Gasteiger partial charge < -0.3 is 15.8 Å². The van der Waals surface area contributed by atoms with Crippen LogP contribution in [-0.4, -0.2) is 25.1 Å². The van der Waals surface area contributed by atoms with E-state index in [0.717, 1.165) is 25.1 Å². The highest BCUT2D eigenvalue weighted by Crippen LogP contribution is 2.28. The van der Waals surface area contributed by atoms with Crippen LogP contribution in [0.15, 0.2) is 24.3 Å². The number of para-hydroxylation sites is 1. The largest absolute Gasteiger partial charge is 0.493 e. The van der Waals surface area contributed by atoms with E-state index in [9.17, 15) is 4.79 Å². The lowest BCUT2D eigenvalue weighted by molar-refractivity contribution is -0.120. The molecule has 0 aliphatic rings. The van der Waals surface area contributed by atoms with Crippen molar-refractivity contribution in [1.82, 2.24) is 5.32 Å². The molecule has 4 nitrogen and oxygen atoms in total. The van der Waals surface area contributed by atoms with Crippen molar-refractivity contribution < 1.29 is 9.53 Å². The fourth-order valence-electron chi connectivity index (χ4n) is 2.19. The lowest BCUT2D eigenvalue weighted by atomic mass is 9.98. The lowest BCUT2D eigenvalue weighted by Gasteiger charge is -2.18. The molecule has 0 aromatic heterocycles. The molecule has 1 rings (SSSR count). The number of rotatable bonds is 10. The number of carbonyl (C=O) groups is 1. The van der Waals surface area contributed by atoms with E-state index in [2.05, 4.69) is 32.2 Å². The molecule has 2 atom stereocenters. The molecule has 4 heteroatoms. The van der Waals surface area contributed by atoms with E-state index in [4.69, 9.17) is 10.5 Å². The van der Waals surface area contributed by atoms with Crippen LogP contribution in [0.3, 0.4) is 0 Å². The summed E-state index contributed by atoms with van der Waals surface area (Å²) in [6.07, 6.45) is 2.63. The van der Waals surface area contributed by atoms with Crippen molar-refractivity contribution in [3.8, 4) is 5.75 Å². The first kappa shape index (κ1) is 17.5. The van der Waals surface area contributed by atoms with Crippen LogP contribution in [0.1, 0.15) is 51.5 Å². The first-order valence-corrected chi connectivity index (χ1v) is 7.84. The van der Waals surface area contributed by atoms with Crippen LogP contribution < -0.4 is 15.8 Å². The topological polar surface area (TPSA) is 64.3 Å². The molecule has 0 fully saturated rings. The van der Waals surface area contributed by atoms with E-state index in [0.29, 0.717) is 18.9 Å². The third-order valence-electron chi connectivity index (χ3n) is 3.71. The van der Waals surface area contributed by atoms with Gasteiger partial charge in [-0.3, -0.25) is 4.79 Å². The maximum Gasteiger partial charge on any atom is 0.234 e. The van der Waals surface area contributed by atoms with E-state index in [1.54, 1.807) is 0 Å². The van der Waals surface area contributed by atoms with Crippen molar-refractivity contribution >= 4 is 5.91 Å². The number of carbonyl (C=O) groups excluding carboxylic acids is 1. The molecule has 0 saturated heterocycles. The fourth-order valence-corrected chi connectivity index (χ4v) is 2.19. The number of primary amides is 1. The van der Waals surface area contributed by atoms with Gasteiger partial charge in [0.1, 0.15) is 5.75 Å². The Kier molecular flexibility index (Phi) is 7.83.